The molecule has 5 aromatic carbocycles. The Morgan fingerprint density at radius 1 is 0.451 bits per heavy atom. The molecule has 0 radical (unpaired) electrons. The minimum Gasteiger partial charge on any atom is -0.494 e. The summed E-state index contributed by atoms with van der Waals surface area (Å²) in [6, 6.07) is 32.6. The number of hydrogen-bond donors (Lipinski definition) is 0. The summed E-state index contributed by atoms with van der Waals surface area (Å²) in [6.45, 7) is 8.43. The average Bonchev–Trinajstić information content (AvgIpc) is 3.39. The van der Waals surface area contributed by atoms with E-state index in [9.17, 15) is 24.0 Å². The second-order valence-electron chi connectivity index (χ2n) is 17.6. The summed E-state index contributed by atoms with van der Waals surface area (Å²) in [4.78, 5) is 64.1. The van der Waals surface area contributed by atoms with Gasteiger partial charge in [0.05, 0.1) is 35.5 Å². The second kappa shape index (κ2) is 31.3. The van der Waals surface area contributed by atoms with Crippen molar-refractivity contribution in [3.05, 3.63) is 156 Å². The molecule has 0 fully saturated rings. The van der Waals surface area contributed by atoms with Crippen LogP contribution in [-0.4, -0.2) is 49.2 Å². The van der Waals surface area contributed by atoms with E-state index >= 15 is 0 Å². The van der Waals surface area contributed by atoms with Gasteiger partial charge in [-0.1, -0.05) is 133 Å². The number of allylic oxidation sites excluding steroid dienone is 1. The summed E-state index contributed by atoms with van der Waals surface area (Å²) in [6.07, 6.45) is 22.2. The molecule has 0 amide bonds. The van der Waals surface area contributed by atoms with E-state index in [4.69, 9.17) is 28.4 Å². The van der Waals surface area contributed by atoms with Gasteiger partial charge in [-0.25, -0.2) is 24.0 Å². The molecule has 71 heavy (non-hydrogen) atoms. The quantitative estimate of drug-likeness (QED) is 0.0176. The van der Waals surface area contributed by atoms with Crippen molar-refractivity contribution in [3.8, 4) is 34.1 Å². The van der Waals surface area contributed by atoms with E-state index in [-0.39, 0.29) is 40.5 Å². The minimum absolute atomic E-state index is 0.147. The van der Waals surface area contributed by atoms with Crippen LogP contribution in [0.25, 0.3) is 11.1 Å². The van der Waals surface area contributed by atoms with Gasteiger partial charge in [0.2, 0.25) is 0 Å². The van der Waals surface area contributed by atoms with E-state index in [0.29, 0.717) is 12.2 Å². The monoisotopic (exact) mass is 966 g/mol. The molecular formula is C60H70O11. The predicted molar refractivity (Wildman–Crippen MR) is 276 cm³/mol. The first-order chi connectivity index (χ1) is 34.6. The molecular weight excluding hydrogens is 897 g/mol. The molecule has 0 aliphatic carbocycles. The summed E-state index contributed by atoms with van der Waals surface area (Å²) >= 11 is 0. The number of carbonyl (C=O) groups is 5. The van der Waals surface area contributed by atoms with Crippen LogP contribution in [-0.2, 0) is 14.3 Å². The number of carbonyl (C=O) groups excluding carboxylic acids is 5. The lowest BCUT2D eigenvalue weighted by Gasteiger charge is -2.13. The summed E-state index contributed by atoms with van der Waals surface area (Å²) in [5.41, 5.74) is 2.76. The number of esters is 5. The van der Waals surface area contributed by atoms with Crippen molar-refractivity contribution in [1.29, 1.82) is 0 Å². The fourth-order valence-corrected chi connectivity index (χ4v) is 7.67. The summed E-state index contributed by atoms with van der Waals surface area (Å²) in [7, 11) is 0. The molecule has 0 bridgehead atoms. The third-order valence-electron chi connectivity index (χ3n) is 11.9. The van der Waals surface area contributed by atoms with Crippen LogP contribution in [0, 0.1) is 0 Å². The topological polar surface area (TPSA) is 141 Å². The zero-order valence-corrected chi connectivity index (χ0v) is 41.5. The lowest BCUT2D eigenvalue weighted by atomic mass is 10.0. The van der Waals surface area contributed by atoms with Crippen molar-refractivity contribution in [1.82, 2.24) is 0 Å². The number of rotatable bonds is 32. The Labute approximate surface area is 419 Å². The Hall–Kier alpha value is -7.01. The number of hydrogen-bond acceptors (Lipinski definition) is 11. The highest BCUT2D eigenvalue weighted by Gasteiger charge is 2.21. The van der Waals surface area contributed by atoms with Crippen molar-refractivity contribution in [2.45, 2.75) is 136 Å². The summed E-state index contributed by atoms with van der Waals surface area (Å²) in [5, 5.41) is 0. The summed E-state index contributed by atoms with van der Waals surface area (Å²) in [5.74, 6) is -1.95. The van der Waals surface area contributed by atoms with E-state index in [0.717, 1.165) is 49.0 Å². The molecule has 376 valence electrons. The van der Waals surface area contributed by atoms with Crippen molar-refractivity contribution in [2.75, 3.05) is 13.2 Å². The van der Waals surface area contributed by atoms with Crippen LogP contribution in [0.5, 0.6) is 23.0 Å². The van der Waals surface area contributed by atoms with Gasteiger partial charge in [0.15, 0.2) is 6.10 Å². The van der Waals surface area contributed by atoms with Gasteiger partial charge in [-0.05, 0) is 135 Å². The molecule has 0 aliphatic heterocycles. The van der Waals surface area contributed by atoms with Crippen LogP contribution in [0.3, 0.4) is 0 Å². The lowest BCUT2D eigenvalue weighted by molar-refractivity contribution is -0.153. The van der Waals surface area contributed by atoms with Crippen LogP contribution < -0.4 is 18.9 Å². The van der Waals surface area contributed by atoms with Gasteiger partial charge >= 0.3 is 29.8 Å². The Kier molecular flexibility index (Phi) is 24.2. The van der Waals surface area contributed by atoms with Crippen molar-refractivity contribution in [2.24, 2.45) is 0 Å². The molecule has 0 saturated carbocycles. The SMILES string of the molecule is C=CCCCCCCCCCOc1ccc(-c2ccc(C(=O)Oc3cccc(C(=O)Oc4ccc(C(=O)Oc5ccc(C(=O)OC(C)C(=O)OCCCCCCCCCCCC)cc5)cc4)c3)cc2)cc1. The Morgan fingerprint density at radius 3 is 1.41 bits per heavy atom. The van der Waals surface area contributed by atoms with Gasteiger partial charge in [-0.15, -0.1) is 6.58 Å². The van der Waals surface area contributed by atoms with E-state index in [1.807, 2.05) is 42.5 Å². The third-order valence-corrected chi connectivity index (χ3v) is 11.9. The maximum atomic E-state index is 13.1. The standard InChI is InChI=1S/C60H70O11/c1-4-6-8-10-12-14-16-18-20-22-43-67-56(61)45(3)68-57(62)49-32-38-53(39-33-49)69-58(63)50-34-40-54(41-35-50)70-60(65)51-24-23-25-55(44-51)71-59(64)48-28-26-46(27-29-48)47-30-36-52(37-31-47)66-42-21-19-17-15-13-11-9-7-5-2/h5,23-41,44-45H,2,4,6-22,42-43H2,1,3H3. The normalized spacial score (nSPS) is 11.2. The number of benzene rings is 5. The first-order valence-electron chi connectivity index (χ1n) is 25.4. The van der Waals surface area contributed by atoms with Crippen LogP contribution in [0.1, 0.15) is 171 Å². The maximum Gasteiger partial charge on any atom is 0.347 e. The molecule has 0 aromatic heterocycles. The fourth-order valence-electron chi connectivity index (χ4n) is 7.67. The molecule has 1 atom stereocenters. The fraction of sp³-hybridized carbons (Fsp3) is 0.383. The zero-order valence-electron chi connectivity index (χ0n) is 41.5. The molecule has 0 aliphatic rings. The summed E-state index contributed by atoms with van der Waals surface area (Å²) < 4.78 is 33.1. The second-order valence-corrected chi connectivity index (χ2v) is 17.6. The van der Waals surface area contributed by atoms with Crippen molar-refractivity contribution in [3.63, 3.8) is 0 Å². The molecule has 5 aromatic rings. The molecule has 0 spiro atoms. The zero-order chi connectivity index (χ0) is 50.5. The Bertz CT molecular complexity index is 2410. The number of unbranched alkanes of at least 4 members (excludes halogenated alkanes) is 16. The molecule has 11 nitrogen and oxygen atoms in total. The van der Waals surface area contributed by atoms with Crippen molar-refractivity contribution >= 4 is 29.8 Å². The van der Waals surface area contributed by atoms with E-state index in [2.05, 4.69) is 13.5 Å². The van der Waals surface area contributed by atoms with Gasteiger partial charge in [-0.3, -0.25) is 0 Å². The molecule has 1 unspecified atom stereocenters. The highest BCUT2D eigenvalue weighted by Crippen LogP contribution is 2.25. The van der Waals surface area contributed by atoms with Crippen LogP contribution >= 0.6 is 0 Å². The highest BCUT2D eigenvalue weighted by molar-refractivity contribution is 5.95. The van der Waals surface area contributed by atoms with Crippen molar-refractivity contribution < 1.29 is 52.4 Å². The first kappa shape index (κ1) is 54.9. The molecule has 0 N–H and O–H groups in total. The molecule has 0 heterocycles. The lowest BCUT2D eigenvalue weighted by Crippen LogP contribution is -2.26. The van der Waals surface area contributed by atoms with E-state index in [1.54, 1.807) is 24.3 Å². The predicted octanol–water partition coefficient (Wildman–Crippen LogP) is 14.7. The molecule has 5 rings (SSSR count). The maximum absolute atomic E-state index is 13.1. The first-order valence-corrected chi connectivity index (χ1v) is 25.4. The molecule has 11 heteroatoms. The van der Waals surface area contributed by atoms with Gasteiger partial charge in [0.1, 0.15) is 23.0 Å². The number of ether oxygens (including phenoxy) is 6. The van der Waals surface area contributed by atoms with Gasteiger partial charge in [-0.2, -0.15) is 0 Å². The van der Waals surface area contributed by atoms with Crippen LogP contribution in [0.4, 0.5) is 0 Å². The largest absolute Gasteiger partial charge is 0.494 e. The van der Waals surface area contributed by atoms with Gasteiger partial charge in [0, 0.05) is 0 Å². The smallest absolute Gasteiger partial charge is 0.347 e. The van der Waals surface area contributed by atoms with Crippen LogP contribution in [0.2, 0.25) is 0 Å². The minimum atomic E-state index is -1.08. The Morgan fingerprint density at radius 2 is 0.873 bits per heavy atom. The van der Waals surface area contributed by atoms with Gasteiger partial charge in [0.25, 0.3) is 0 Å². The Balaban J connectivity index is 0.990. The van der Waals surface area contributed by atoms with E-state index < -0.39 is 36.0 Å². The van der Waals surface area contributed by atoms with Crippen LogP contribution in [0.15, 0.2) is 134 Å². The third kappa shape index (κ3) is 20.1. The highest BCUT2D eigenvalue weighted by atomic mass is 16.6. The molecule has 0 saturated heterocycles. The van der Waals surface area contributed by atoms with E-state index in [1.165, 1.54) is 151 Å². The average molecular weight is 967 g/mol. The van der Waals surface area contributed by atoms with Gasteiger partial charge < -0.3 is 28.4 Å².